The lowest BCUT2D eigenvalue weighted by Crippen LogP contribution is -2.06. The molecule has 2 aromatic heterocycles. The third-order valence-electron chi connectivity index (χ3n) is 1.81. The molecule has 0 radical (unpaired) electrons. The second-order valence-electron chi connectivity index (χ2n) is 2.76. The van der Waals surface area contributed by atoms with E-state index in [2.05, 4.69) is 26.8 Å². The Morgan fingerprint density at radius 2 is 2.50 bits per heavy atom. The predicted molar refractivity (Wildman–Crippen MR) is 57.7 cm³/mol. The Bertz CT molecular complexity index is 413. The second kappa shape index (κ2) is 4.28. The van der Waals surface area contributed by atoms with E-state index in [9.17, 15) is 0 Å². The SMILES string of the molecule is CSCCNc1nccn2cnnc12. The highest BCUT2D eigenvalue weighted by Crippen LogP contribution is 2.09. The third-order valence-corrected chi connectivity index (χ3v) is 2.43. The van der Waals surface area contributed by atoms with Crippen LogP contribution in [0, 0.1) is 0 Å². The molecule has 0 aromatic carbocycles. The summed E-state index contributed by atoms with van der Waals surface area (Å²) < 4.78 is 1.84. The summed E-state index contributed by atoms with van der Waals surface area (Å²) in [4.78, 5) is 4.21. The van der Waals surface area contributed by atoms with Crippen LogP contribution in [-0.2, 0) is 0 Å². The van der Waals surface area contributed by atoms with Gasteiger partial charge in [0.1, 0.15) is 6.33 Å². The molecule has 0 spiro atoms. The van der Waals surface area contributed by atoms with Gasteiger partial charge in [0, 0.05) is 24.7 Å². The van der Waals surface area contributed by atoms with E-state index in [1.807, 2.05) is 10.6 Å². The topological polar surface area (TPSA) is 55.1 Å². The zero-order chi connectivity index (χ0) is 9.80. The maximum Gasteiger partial charge on any atom is 0.203 e. The number of hydrogen-bond acceptors (Lipinski definition) is 5. The van der Waals surface area contributed by atoms with Crippen molar-refractivity contribution in [2.75, 3.05) is 23.9 Å². The minimum Gasteiger partial charge on any atom is -0.366 e. The van der Waals surface area contributed by atoms with Crippen LogP contribution >= 0.6 is 11.8 Å². The van der Waals surface area contributed by atoms with Gasteiger partial charge in [0.15, 0.2) is 5.82 Å². The van der Waals surface area contributed by atoms with Gasteiger partial charge in [0.05, 0.1) is 0 Å². The van der Waals surface area contributed by atoms with Crippen LogP contribution in [0.25, 0.3) is 5.65 Å². The van der Waals surface area contributed by atoms with Gasteiger partial charge in [-0.05, 0) is 6.26 Å². The molecule has 0 aliphatic carbocycles. The molecule has 2 heterocycles. The molecule has 0 bridgehead atoms. The smallest absolute Gasteiger partial charge is 0.203 e. The first-order valence-electron chi connectivity index (χ1n) is 4.29. The van der Waals surface area contributed by atoms with Crippen LogP contribution in [0.2, 0.25) is 0 Å². The van der Waals surface area contributed by atoms with E-state index in [4.69, 9.17) is 0 Å². The minimum absolute atomic E-state index is 0.772. The molecule has 2 rings (SSSR count). The Balaban J connectivity index is 2.19. The second-order valence-corrected chi connectivity index (χ2v) is 3.74. The molecule has 0 fully saturated rings. The maximum absolute atomic E-state index is 4.21. The highest BCUT2D eigenvalue weighted by atomic mass is 32.2. The van der Waals surface area contributed by atoms with E-state index in [-0.39, 0.29) is 0 Å². The molecule has 0 aliphatic rings. The number of rotatable bonds is 4. The van der Waals surface area contributed by atoms with Crippen molar-refractivity contribution >= 4 is 23.2 Å². The molecule has 0 unspecified atom stereocenters. The number of fused-ring (bicyclic) bond motifs is 1. The fourth-order valence-electron chi connectivity index (χ4n) is 1.15. The van der Waals surface area contributed by atoms with E-state index in [1.165, 1.54) is 0 Å². The fourth-order valence-corrected chi connectivity index (χ4v) is 1.46. The molecular weight excluding hydrogens is 198 g/mol. The van der Waals surface area contributed by atoms with Crippen LogP contribution in [-0.4, -0.2) is 38.1 Å². The van der Waals surface area contributed by atoms with Gasteiger partial charge in [-0.15, -0.1) is 10.2 Å². The maximum atomic E-state index is 4.21. The molecule has 0 saturated carbocycles. The van der Waals surface area contributed by atoms with Gasteiger partial charge in [-0.1, -0.05) is 0 Å². The lowest BCUT2D eigenvalue weighted by molar-refractivity contribution is 1.09. The van der Waals surface area contributed by atoms with E-state index in [0.717, 1.165) is 23.8 Å². The number of nitrogens with zero attached hydrogens (tertiary/aromatic N) is 4. The molecule has 1 N–H and O–H groups in total. The van der Waals surface area contributed by atoms with E-state index < -0.39 is 0 Å². The van der Waals surface area contributed by atoms with Gasteiger partial charge in [-0.25, -0.2) is 4.98 Å². The lowest BCUT2D eigenvalue weighted by Gasteiger charge is -2.04. The highest BCUT2D eigenvalue weighted by molar-refractivity contribution is 7.98. The number of anilines is 1. The Morgan fingerprint density at radius 3 is 3.36 bits per heavy atom. The molecule has 0 amide bonds. The fraction of sp³-hybridized carbons (Fsp3) is 0.375. The molecule has 5 nitrogen and oxygen atoms in total. The summed E-state index contributed by atoms with van der Waals surface area (Å²) in [6.07, 6.45) is 7.30. The van der Waals surface area contributed by atoms with Crippen LogP contribution < -0.4 is 5.32 Å². The van der Waals surface area contributed by atoms with Crippen LogP contribution in [0.3, 0.4) is 0 Å². The predicted octanol–water partition coefficient (Wildman–Crippen LogP) is 0.899. The molecule has 14 heavy (non-hydrogen) atoms. The van der Waals surface area contributed by atoms with Crippen molar-refractivity contribution in [2.24, 2.45) is 0 Å². The van der Waals surface area contributed by atoms with E-state index in [0.29, 0.717) is 0 Å². The Hall–Kier alpha value is -1.30. The van der Waals surface area contributed by atoms with Crippen LogP contribution in [0.1, 0.15) is 0 Å². The average Bonchev–Trinajstić information content (AvgIpc) is 2.67. The van der Waals surface area contributed by atoms with Gasteiger partial charge in [0.2, 0.25) is 5.65 Å². The molecule has 6 heteroatoms. The van der Waals surface area contributed by atoms with Crippen LogP contribution in [0.15, 0.2) is 18.7 Å². The van der Waals surface area contributed by atoms with E-state index in [1.54, 1.807) is 24.3 Å². The summed E-state index contributed by atoms with van der Waals surface area (Å²) >= 11 is 1.80. The largest absolute Gasteiger partial charge is 0.366 e. The van der Waals surface area contributed by atoms with Crippen molar-refractivity contribution < 1.29 is 0 Å². The standard InChI is InChI=1S/C8H11N5S/c1-14-5-3-10-7-8-12-11-6-13(8)4-2-9-7/h2,4,6H,3,5H2,1H3,(H,9,10). The van der Waals surface area contributed by atoms with Gasteiger partial charge in [-0.3, -0.25) is 4.40 Å². The molecule has 0 aliphatic heterocycles. The van der Waals surface area contributed by atoms with Crippen LogP contribution in [0.5, 0.6) is 0 Å². The number of nitrogens with one attached hydrogen (secondary N) is 1. The van der Waals surface area contributed by atoms with Crippen molar-refractivity contribution in [2.45, 2.75) is 0 Å². The Kier molecular flexibility index (Phi) is 2.83. The Labute approximate surface area is 85.9 Å². The first kappa shape index (κ1) is 9.26. The Morgan fingerprint density at radius 1 is 1.57 bits per heavy atom. The number of hydrogen-bond donors (Lipinski definition) is 1. The van der Waals surface area contributed by atoms with E-state index >= 15 is 0 Å². The third kappa shape index (κ3) is 1.79. The van der Waals surface area contributed by atoms with Gasteiger partial charge < -0.3 is 5.32 Å². The van der Waals surface area contributed by atoms with Gasteiger partial charge >= 0.3 is 0 Å². The zero-order valence-corrected chi connectivity index (χ0v) is 8.66. The monoisotopic (exact) mass is 209 g/mol. The molecule has 0 saturated heterocycles. The van der Waals surface area contributed by atoms with Crippen molar-refractivity contribution in [1.29, 1.82) is 0 Å². The number of aromatic nitrogens is 4. The van der Waals surface area contributed by atoms with Gasteiger partial charge in [-0.2, -0.15) is 11.8 Å². The summed E-state index contributed by atoms with van der Waals surface area (Å²) in [5, 5.41) is 11.0. The summed E-state index contributed by atoms with van der Waals surface area (Å²) in [5.74, 6) is 1.84. The first-order valence-corrected chi connectivity index (χ1v) is 5.68. The lowest BCUT2D eigenvalue weighted by atomic mass is 10.6. The summed E-state index contributed by atoms with van der Waals surface area (Å²) in [6.45, 7) is 0.890. The quantitative estimate of drug-likeness (QED) is 0.758. The molecule has 2 aromatic rings. The summed E-state index contributed by atoms with van der Waals surface area (Å²) in [5.41, 5.74) is 0.772. The molecule has 74 valence electrons. The summed E-state index contributed by atoms with van der Waals surface area (Å²) in [6, 6.07) is 0. The van der Waals surface area contributed by atoms with Crippen molar-refractivity contribution in [3.8, 4) is 0 Å². The van der Waals surface area contributed by atoms with Crippen molar-refractivity contribution in [1.82, 2.24) is 19.6 Å². The molecular formula is C8H11N5S. The summed E-state index contributed by atoms with van der Waals surface area (Å²) in [7, 11) is 0. The van der Waals surface area contributed by atoms with Gasteiger partial charge in [0.25, 0.3) is 0 Å². The van der Waals surface area contributed by atoms with Crippen LogP contribution in [0.4, 0.5) is 5.82 Å². The average molecular weight is 209 g/mol. The zero-order valence-electron chi connectivity index (χ0n) is 7.84. The van der Waals surface area contributed by atoms with Crippen molar-refractivity contribution in [3.05, 3.63) is 18.7 Å². The van der Waals surface area contributed by atoms with Crippen molar-refractivity contribution in [3.63, 3.8) is 0 Å². The molecule has 0 atom stereocenters. The number of thioether (sulfide) groups is 1. The minimum atomic E-state index is 0.772. The normalized spacial score (nSPS) is 10.6. The highest BCUT2D eigenvalue weighted by Gasteiger charge is 2.02. The first-order chi connectivity index (χ1) is 6.92.